The van der Waals surface area contributed by atoms with Crippen molar-refractivity contribution in [3.05, 3.63) is 22.2 Å². The molecule has 20 heavy (non-hydrogen) atoms. The Bertz CT molecular complexity index is 637. The highest BCUT2D eigenvalue weighted by atomic mass is 16.6. The Morgan fingerprint density at radius 3 is 2.75 bits per heavy atom. The van der Waals surface area contributed by atoms with Crippen LogP contribution in [0.2, 0.25) is 0 Å². The van der Waals surface area contributed by atoms with E-state index in [1.54, 1.807) is 6.07 Å². The third kappa shape index (κ3) is 1.97. The summed E-state index contributed by atoms with van der Waals surface area (Å²) in [7, 11) is 0. The molecule has 2 aromatic rings. The minimum atomic E-state index is -0.504. The van der Waals surface area contributed by atoms with Crippen molar-refractivity contribution in [1.29, 1.82) is 0 Å². The molecule has 1 fully saturated rings. The SMILES string of the molecule is O=[N+]([O-])c1ccc(N(CCO)C2CCC2)c2nonc12. The predicted octanol–water partition coefficient (Wildman–Crippen LogP) is 1.48. The van der Waals surface area contributed by atoms with E-state index in [-0.39, 0.29) is 17.8 Å². The number of aromatic nitrogens is 2. The number of benzene rings is 1. The van der Waals surface area contributed by atoms with Crippen LogP contribution < -0.4 is 4.90 Å². The summed E-state index contributed by atoms with van der Waals surface area (Å²) in [5.41, 5.74) is 1.13. The average Bonchev–Trinajstić information content (AvgIpc) is 2.83. The molecule has 0 amide bonds. The molecule has 0 atom stereocenters. The second kappa shape index (κ2) is 5.04. The minimum absolute atomic E-state index is 0.0141. The van der Waals surface area contributed by atoms with Crippen LogP contribution in [0.5, 0.6) is 0 Å². The molecule has 0 aliphatic heterocycles. The Morgan fingerprint density at radius 1 is 1.40 bits per heavy atom. The molecular weight excluding hydrogens is 264 g/mol. The fourth-order valence-corrected chi connectivity index (χ4v) is 2.53. The number of hydrogen-bond donors (Lipinski definition) is 1. The van der Waals surface area contributed by atoms with Gasteiger partial charge < -0.3 is 10.0 Å². The molecule has 8 nitrogen and oxygen atoms in total. The highest BCUT2D eigenvalue weighted by molar-refractivity contribution is 5.94. The molecule has 1 aliphatic carbocycles. The van der Waals surface area contributed by atoms with Gasteiger partial charge in [0.2, 0.25) is 5.52 Å². The van der Waals surface area contributed by atoms with Crippen molar-refractivity contribution in [2.45, 2.75) is 25.3 Å². The summed E-state index contributed by atoms with van der Waals surface area (Å²) >= 11 is 0. The first kappa shape index (κ1) is 12.8. The summed E-state index contributed by atoms with van der Waals surface area (Å²) in [6, 6.07) is 3.40. The number of rotatable bonds is 5. The summed E-state index contributed by atoms with van der Waals surface area (Å²) in [4.78, 5) is 12.5. The Balaban J connectivity index is 2.08. The van der Waals surface area contributed by atoms with Gasteiger partial charge >= 0.3 is 5.69 Å². The fraction of sp³-hybridized carbons (Fsp3) is 0.500. The number of fused-ring (bicyclic) bond motifs is 1. The van der Waals surface area contributed by atoms with Crippen molar-refractivity contribution in [2.24, 2.45) is 0 Å². The monoisotopic (exact) mass is 278 g/mol. The molecular formula is C12H14N4O4. The van der Waals surface area contributed by atoms with Crippen LogP contribution in [0.4, 0.5) is 11.4 Å². The van der Waals surface area contributed by atoms with Crippen LogP contribution in [0.1, 0.15) is 19.3 Å². The van der Waals surface area contributed by atoms with Gasteiger partial charge in [0.05, 0.1) is 17.2 Å². The summed E-state index contributed by atoms with van der Waals surface area (Å²) in [6.45, 7) is 0.477. The average molecular weight is 278 g/mol. The number of nitro benzene ring substituents is 1. The quantitative estimate of drug-likeness (QED) is 0.652. The number of nitrogens with zero attached hydrogens (tertiary/aromatic N) is 4. The second-order valence-corrected chi connectivity index (χ2v) is 4.82. The van der Waals surface area contributed by atoms with Crippen LogP contribution in [0.3, 0.4) is 0 Å². The van der Waals surface area contributed by atoms with Gasteiger partial charge in [-0.2, -0.15) is 0 Å². The van der Waals surface area contributed by atoms with Crippen molar-refractivity contribution in [3.63, 3.8) is 0 Å². The van der Waals surface area contributed by atoms with Crippen molar-refractivity contribution < 1.29 is 14.7 Å². The normalized spacial score (nSPS) is 15.2. The minimum Gasteiger partial charge on any atom is -0.395 e. The summed E-state index contributed by atoms with van der Waals surface area (Å²) in [5.74, 6) is 0. The maximum absolute atomic E-state index is 11.0. The molecule has 0 saturated heterocycles. The molecule has 3 rings (SSSR count). The first-order valence-electron chi connectivity index (χ1n) is 6.49. The van der Waals surface area contributed by atoms with E-state index in [1.165, 1.54) is 6.07 Å². The van der Waals surface area contributed by atoms with E-state index in [0.717, 1.165) is 24.9 Å². The third-order valence-electron chi connectivity index (χ3n) is 3.74. The Kier molecular flexibility index (Phi) is 3.23. The molecule has 0 bridgehead atoms. The first-order chi connectivity index (χ1) is 9.72. The Labute approximate surface area is 114 Å². The van der Waals surface area contributed by atoms with Gasteiger partial charge in [-0.25, -0.2) is 4.63 Å². The smallest absolute Gasteiger partial charge is 0.300 e. The topological polar surface area (TPSA) is 106 Å². The van der Waals surface area contributed by atoms with Gasteiger partial charge in [0.15, 0.2) is 5.52 Å². The van der Waals surface area contributed by atoms with Crippen LogP contribution >= 0.6 is 0 Å². The lowest BCUT2D eigenvalue weighted by atomic mass is 9.91. The van der Waals surface area contributed by atoms with E-state index < -0.39 is 4.92 Å². The summed E-state index contributed by atoms with van der Waals surface area (Å²) in [5, 5.41) is 27.6. The lowest BCUT2D eigenvalue weighted by Gasteiger charge is -2.38. The molecule has 1 aromatic heterocycles. The molecule has 1 aliphatic rings. The second-order valence-electron chi connectivity index (χ2n) is 4.82. The lowest BCUT2D eigenvalue weighted by Crippen LogP contribution is -2.42. The van der Waals surface area contributed by atoms with Crippen LogP contribution in [-0.4, -0.2) is 39.5 Å². The van der Waals surface area contributed by atoms with Crippen LogP contribution in [-0.2, 0) is 0 Å². The van der Waals surface area contributed by atoms with E-state index in [0.29, 0.717) is 18.1 Å². The molecule has 0 spiro atoms. The maximum Gasteiger partial charge on any atom is 0.300 e. The van der Waals surface area contributed by atoms with E-state index >= 15 is 0 Å². The molecule has 1 aromatic carbocycles. The van der Waals surface area contributed by atoms with Crippen molar-refractivity contribution >= 4 is 22.4 Å². The molecule has 1 heterocycles. The molecule has 0 radical (unpaired) electrons. The third-order valence-corrected chi connectivity index (χ3v) is 3.74. The molecule has 106 valence electrons. The highest BCUT2D eigenvalue weighted by Gasteiger charge is 2.29. The Morgan fingerprint density at radius 2 is 2.15 bits per heavy atom. The molecule has 0 unspecified atom stereocenters. The first-order valence-corrected chi connectivity index (χ1v) is 6.49. The van der Waals surface area contributed by atoms with Gasteiger partial charge in [-0.15, -0.1) is 0 Å². The maximum atomic E-state index is 11.0. The van der Waals surface area contributed by atoms with Gasteiger partial charge in [-0.1, -0.05) is 0 Å². The van der Waals surface area contributed by atoms with E-state index in [2.05, 4.69) is 14.9 Å². The summed E-state index contributed by atoms with van der Waals surface area (Å²) in [6.07, 6.45) is 3.24. The number of aliphatic hydroxyl groups is 1. The zero-order valence-corrected chi connectivity index (χ0v) is 10.7. The highest BCUT2D eigenvalue weighted by Crippen LogP contribution is 2.35. The molecule has 1 N–H and O–H groups in total. The van der Waals surface area contributed by atoms with E-state index in [9.17, 15) is 15.2 Å². The van der Waals surface area contributed by atoms with Crippen molar-refractivity contribution in [3.8, 4) is 0 Å². The van der Waals surface area contributed by atoms with Gasteiger partial charge in [0.25, 0.3) is 0 Å². The number of hydrogen-bond acceptors (Lipinski definition) is 7. The van der Waals surface area contributed by atoms with E-state index in [1.807, 2.05) is 4.90 Å². The zero-order chi connectivity index (χ0) is 14.1. The van der Waals surface area contributed by atoms with Gasteiger partial charge in [0.1, 0.15) is 0 Å². The number of anilines is 1. The largest absolute Gasteiger partial charge is 0.395 e. The van der Waals surface area contributed by atoms with E-state index in [4.69, 9.17) is 0 Å². The standard InChI is InChI=1S/C12H14N4O4/c17-7-6-15(8-2-1-3-8)9-4-5-10(16(18)19)12-11(9)13-20-14-12/h4-5,8,17H,1-3,6-7H2. The van der Waals surface area contributed by atoms with Crippen molar-refractivity contribution in [1.82, 2.24) is 10.3 Å². The van der Waals surface area contributed by atoms with Gasteiger partial charge in [-0.3, -0.25) is 10.1 Å². The fourth-order valence-electron chi connectivity index (χ4n) is 2.53. The van der Waals surface area contributed by atoms with Gasteiger partial charge in [0, 0.05) is 18.7 Å². The number of nitro groups is 1. The Hall–Kier alpha value is -2.22. The van der Waals surface area contributed by atoms with Crippen LogP contribution in [0.15, 0.2) is 16.8 Å². The van der Waals surface area contributed by atoms with Crippen LogP contribution in [0, 0.1) is 10.1 Å². The predicted molar refractivity (Wildman–Crippen MR) is 70.5 cm³/mol. The van der Waals surface area contributed by atoms with Crippen LogP contribution in [0.25, 0.3) is 11.0 Å². The van der Waals surface area contributed by atoms with Crippen molar-refractivity contribution in [2.75, 3.05) is 18.1 Å². The number of aliphatic hydroxyl groups excluding tert-OH is 1. The molecule has 8 heteroatoms. The summed E-state index contributed by atoms with van der Waals surface area (Å²) < 4.78 is 4.66. The van der Waals surface area contributed by atoms with Gasteiger partial charge in [-0.05, 0) is 35.6 Å². The zero-order valence-electron chi connectivity index (χ0n) is 10.7. The number of non-ortho nitro benzene ring substituents is 1. The lowest BCUT2D eigenvalue weighted by molar-refractivity contribution is -0.383. The molecule has 1 saturated carbocycles.